The Morgan fingerprint density at radius 3 is 2.59 bits per heavy atom. The van der Waals surface area contributed by atoms with Crippen molar-refractivity contribution in [3.63, 3.8) is 0 Å². The number of carbonyl (C=O) groups excluding carboxylic acids is 1. The first-order valence-corrected chi connectivity index (χ1v) is 12.0. The largest absolute Gasteiger partial charge is 0.444 e. The van der Waals surface area contributed by atoms with E-state index in [1.54, 1.807) is 12.0 Å². The standard InChI is InChI=1S/C26H37N3O5/c1-16-12-21(28-11-10-27(6)18(13-28)15-32-7)17(2)23-22(16)19-8-9-29(14-20(19)24(30)33-23)25(31)34-26(3,4)5/h12,18H,8-11,13-15H2,1-7H3/t18-/m1/s1. The number of hydrogen-bond acceptors (Lipinski definition) is 7. The fourth-order valence-electron chi connectivity index (χ4n) is 5.10. The van der Waals surface area contributed by atoms with Crippen LogP contribution in [0.25, 0.3) is 11.0 Å². The van der Waals surface area contributed by atoms with E-state index in [0.29, 0.717) is 36.8 Å². The number of anilines is 1. The number of nitrogens with zero attached hydrogens (tertiary/aromatic N) is 3. The summed E-state index contributed by atoms with van der Waals surface area (Å²) in [5.41, 5.74) is 4.43. The Morgan fingerprint density at radius 2 is 1.91 bits per heavy atom. The summed E-state index contributed by atoms with van der Waals surface area (Å²) in [5, 5.41) is 1.00. The van der Waals surface area contributed by atoms with E-state index in [2.05, 4.69) is 29.8 Å². The Bertz CT molecular complexity index is 1150. The van der Waals surface area contributed by atoms with Crippen LogP contribution in [0.3, 0.4) is 0 Å². The van der Waals surface area contributed by atoms with Crippen molar-refractivity contribution in [2.24, 2.45) is 0 Å². The van der Waals surface area contributed by atoms with E-state index < -0.39 is 11.7 Å². The second kappa shape index (κ2) is 9.23. The molecular weight excluding hydrogens is 434 g/mol. The summed E-state index contributed by atoms with van der Waals surface area (Å²) in [7, 11) is 3.87. The number of rotatable bonds is 3. The molecule has 1 saturated heterocycles. The van der Waals surface area contributed by atoms with Crippen LogP contribution in [0.5, 0.6) is 0 Å². The molecule has 4 rings (SSSR count). The number of amides is 1. The highest BCUT2D eigenvalue weighted by Gasteiger charge is 2.31. The van der Waals surface area contributed by atoms with Gasteiger partial charge in [0.15, 0.2) is 0 Å². The van der Waals surface area contributed by atoms with Crippen molar-refractivity contribution >= 4 is 22.7 Å². The first-order chi connectivity index (χ1) is 16.0. The van der Waals surface area contributed by atoms with Crippen LogP contribution >= 0.6 is 0 Å². The summed E-state index contributed by atoms with van der Waals surface area (Å²) in [6.45, 7) is 13.7. The average Bonchev–Trinajstić information content (AvgIpc) is 2.76. The lowest BCUT2D eigenvalue weighted by atomic mass is 9.92. The van der Waals surface area contributed by atoms with Crippen LogP contribution in [0, 0.1) is 13.8 Å². The molecular formula is C26H37N3O5. The highest BCUT2D eigenvalue weighted by atomic mass is 16.6. The molecule has 0 unspecified atom stereocenters. The van der Waals surface area contributed by atoms with E-state index >= 15 is 0 Å². The first-order valence-electron chi connectivity index (χ1n) is 12.0. The quantitative estimate of drug-likeness (QED) is 0.635. The zero-order chi connectivity index (χ0) is 24.8. The van der Waals surface area contributed by atoms with E-state index in [1.165, 1.54) is 0 Å². The minimum atomic E-state index is -0.582. The van der Waals surface area contributed by atoms with Crippen LogP contribution in [0.15, 0.2) is 15.3 Å². The molecule has 2 aliphatic rings. The zero-order valence-electron chi connectivity index (χ0n) is 21.5. The van der Waals surface area contributed by atoms with Gasteiger partial charge in [-0.05, 0) is 65.3 Å². The molecule has 0 bridgehead atoms. The predicted molar refractivity (Wildman–Crippen MR) is 133 cm³/mol. The molecule has 0 aliphatic carbocycles. The molecule has 1 aromatic heterocycles. The van der Waals surface area contributed by atoms with Crippen molar-refractivity contribution in [2.45, 2.75) is 59.2 Å². The molecule has 1 amide bonds. The third kappa shape index (κ3) is 4.66. The number of benzene rings is 1. The van der Waals surface area contributed by atoms with Crippen LogP contribution in [0.2, 0.25) is 0 Å². The smallest absolute Gasteiger partial charge is 0.410 e. The molecule has 8 nitrogen and oxygen atoms in total. The molecule has 186 valence electrons. The Labute approximate surface area is 201 Å². The van der Waals surface area contributed by atoms with Crippen molar-refractivity contribution < 1.29 is 18.7 Å². The number of hydrogen-bond donors (Lipinski definition) is 0. The third-order valence-electron chi connectivity index (χ3n) is 6.92. The minimum Gasteiger partial charge on any atom is -0.444 e. The minimum absolute atomic E-state index is 0.208. The first kappa shape index (κ1) is 24.5. The summed E-state index contributed by atoms with van der Waals surface area (Å²) in [5.74, 6) is 0. The van der Waals surface area contributed by atoms with Gasteiger partial charge in [0.1, 0.15) is 11.2 Å². The molecule has 2 aliphatic heterocycles. The van der Waals surface area contributed by atoms with Crippen molar-refractivity contribution in [3.8, 4) is 0 Å². The molecule has 0 radical (unpaired) electrons. The van der Waals surface area contributed by atoms with Gasteiger partial charge in [0.25, 0.3) is 0 Å². The summed E-state index contributed by atoms with van der Waals surface area (Å²) in [6.07, 6.45) is 0.197. The Kier molecular flexibility index (Phi) is 6.66. The number of fused-ring (bicyclic) bond motifs is 3. The van der Waals surface area contributed by atoms with Gasteiger partial charge in [0, 0.05) is 49.9 Å². The molecule has 2 aromatic rings. The average molecular weight is 472 g/mol. The van der Waals surface area contributed by atoms with Crippen LogP contribution in [0.4, 0.5) is 10.5 Å². The molecule has 8 heteroatoms. The van der Waals surface area contributed by atoms with Crippen molar-refractivity contribution in [1.29, 1.82) is 0 Å². The number of ether oxygens (including phenoxy) is 2. The second-order valence-electron chi connectivity index (χ2n) is 10.6. The maximum Gasteiger partial charge on any atom is 0.410 e. The van der Waals surface area contributed by atoms with Crippen molar-refractivity contribution in [3.05, 3.63) is 38.7 Å². The Hall–Kier alpha value is -2.58. The van der Waals surface area contributed by atoms with Crippen molar-refractivity contribution in [2.75, 3.05) is 51.8 Å². The maximum atomic E-state index is 13.1. The Balaban J connectivity index is 1.70. The second-order valence-corrected chi connectivity index (χ2v) is 10.6. The molecule has 34 heavy (non-hydrogen) atoms. The lowest BCUT2D eigenvalue weighted by molar-refractivity contribution is 0.0222. The highest BCUT2D eigenvalue weighted by molar-refractivity contribution is 5.91. The number of methoxy groups -OCH3 is 1. The van der Waals surface area contributed by atoms with E-state index in [-0.39, 0.29) is 12.2 Å². The van der Waals surface area contributed by atoms with Gasteiger partial charge in [0.05, 0.1) is 24.8 Å². The van der Waals surface area contributed by atoms with Gasteiger partial charge >= 0.3 is 11.7 Å². The van der Waals surface area contributed by atoms with Gasteiger partial charge in [-0.3, -0.25) is 4.90 Å². The van der Waals surface area contributed by atoms with Crippen LogP contribution in [0.1, 0.15) is 43.0 Å². The van der Waals surface area contributed by atoms with Crippen molar-refractivity contribution in [1.82, 2.24) is 9.80 Å². The molecule has 0 N–H and O–H groups in total. The fourth-order valence-corrected chi connectivity index (χ4v) is 5.10. The van der Waals surface area contributed by atoms with E-state index in [9.17, 15) is 9.59 Å². The topological polar surface area (TPSA) is 75.5 Å². The van der Waals surface area contributed by atoms with Gasteiger partial charge < -0.3 is 23.7 Å². The van der Waals surface area contributed by atoms with Gasteiger partial charge in [-0.25, -0.2) is 9.59 Å². The molecule has 1 fully saturated rings. The van der Waals surface area contributed by atoms with Crippen LogP contribution in [-0.2, 0) is 22.4 Å². The number of carbonyl (C=O) groups is 1. The third-order valence-corrected chi connectivity index (χ3v) is 6.92. The Morgan fingerprint density at radius 1 is 1.18 bits per heavy atom. The maximum absolute atomic E-state index is 13.1. The monoisotopic (exact) mass is 471 g/mol. The van der Waals surface area contributed by atoms with Gasteiger partial charge in [-0.2, -0.15) is 0 Å². The normalized spacial score (nSPS) is 19.4. The van der Waals surface area contributed by atoms with Crippen LogP contribution < -0.4 is 10.5 Å². The van der Waals surface area contributed by atoms with Crippen LogP contribution in [-0.4, -0.2) is 74.5 Å². The molecule has 0 saturated carbocycles. The number of piperazine rings is 1. The van der Waals surface area contributed by atoms with E-state index in [1.807, 2.05) is 27.7 Å². The summed E-state index contributed by atoms with van der Waals surface area (Å²) < 4.78 is 16.9. The predicted octanol–water partition coefficient (Wildman–Crippen LogP) is 3.47. The summed E-state index contributed by atoms with van der Waals surface area (Å²) >= 11 is 0. The van der Waals surface area contributed by atoms with E-state index in [0.717, 1.165) is 47.4 Å². The zero-order valence-corrected chi connectivity index (χ0v) is 21.5. The summed E-state index contributed by atoms with van der Waals surface area (Å²) in [6, 6.07) is 2.52. The van der Waals surface area contributed by atoms with Gasteiger partial charge in [0.2, 0.25) is 0 Å². The van der Waals surface area contributed by atoms with E-state index in [4.69, 9.17) is 13.9 Å². The van der Waals surface area contributed by atoms with Gasteiger partial charge in [-0.1, -0.05) is 0 Å². The number of likely N-dealkylation sites (N-methyl/N-ethyl adjacent to an activating group) is 1. The SMILES string of the molecule is COC[C@H]1CN(c2cc(C)c3c4c(c(=O)oc3c2C)CN(C(=O)OC(C)(C)C)CC4)CCN1C. The highest BCUT2D eigenvalue weighted by Crippen LogP contribution is 2.36. The number of aryl methyl sites for hydroxylation is 2. The van der Waals surface area contributed by atoms with Gasteiger partial charge in [-0.15, -0.1) is 0 Å². The molecule has 1 aromatic carbocycles. The molecule has 1 atom stereocenters. The fraction of sp³-hybridized carbons (Fsp3) is 0.615. The molecule has 0 spiro atoms. The lowest BCUT2D eigenvalue weighted by Crippen LogP contribution is -2.53. The molecule has 3 heterocycles. The lowest BCUT2D eigenvalue weighted by Gasteiger charge is -2.41. The summed E-state index contributed by atoms with van der Waals surface area (Å²) in [4.78, 5) is 32.0.